The van der Waals surface area contributed by atoms with Gasteiger partial charge in [0.15, 0.2) is 11.6 Å². The Labute approximate surface area is 187 Å². The smallest absolute Gasteiger partial charge is 0.326 e. The van der Waals surface area contributed by atoms with E-state index in [9.17, 15) is 22.4 Å². The van der Waals surface area contributed by atoms with Gasteiger partial charge in [-0.15, -0.1) is 0 Å². The van der Waals surface area contributed by atoms with Crippen LogP contribution >= 0.6 is 0 Å². The van der Waals surface area contributed by atoms with E-state index < -0.39 is 36.3 Å². The monoisotopic (exact) mass is 459 g/mol. The molecule has 10 heteroatoms. The number of alkyl halides is 3. The summed E-state index contributed by atoms with van der Waals surface area (Å²) in [6, 6.07) is 10.3. The van der Waals surface area contributed by atoms with Gasteiger partial charge in [-0.3, -0.25) is 14.7 Å². The third-order valence-corrected chi connectivity index (χ3v) is 5.57. The zero-order valence-electron chi connectivity index (χ0n) is 17.7. The number of amides is 1. The number of aromatic nitrogens is 3. The molecule has 3 heterocycles. The van der Waals surface area contributed by atoms with Crippen LogP contribution in [0.15, 0.2) is 55.0 Å². The number of carbonyl (C=O) groups excluding carboxylic acids is 1. The molecule has 4 rings (SSSR count). The molecule has 1 aromatic carbocycles. The maximum absolute atomic E-state index is 13.2. The van der Waals surface area contributed by atoms with Gasteiger partial charge in [-0.2, -0.15) is 13.2 Å². The van der Waals surface area contributed by atoms with Gasteiger partial charge in [-0.1, -0.05) is 12.1 Å². The number of hydrogen-bond acceptors (Lipinski definition) is 5. The van der Waals surface area contributed by atoms with Crippen molar-refractivity contribution in [1.82, 2.24) is 19.9 Å². The highest BCUT2D eigenvalue weighted by molar-refractivity contribution is 5.94. The Morgan fingerprint density at radius 1 is 1.12 bits per heavy atom. The van der Waals surface area contributed by atoms with Gasteiger partial charge in [-0.05, 0) is 36.8 Å². The maximum Gasteiger partial charge on any atom is 0.401 e. The van der Waals surface area contributed by atoms with Gasteiger partial charge >= 0.3 is 6.18 Å². The van der Waals surface area contributed by atoms with Gasteiger partial charge in [0, 0.05) is 42.1 Å². The first-order valence-electron chi connectivity index (χ1n) is 10.3. The van der Waals surface area contributed by atoms with E-state index in [2.05, 4.69) is 20.3 Å². The normalized spacial score (nSPS) is 18.9. The number of aryl methyl sites for hydroxylation is 1. The molecule has 33 heavy (non-hydrogen) atoms. The zero-order chi connectivity index (χ0) is 23.6. The van der Waals surface area contributed by atoms with Crippen molar-refractivity contribution in [3.8, 4) is 11.4 Å². The Morgan fingerprint density at radius 2 is 1.88 bits per heavy atom. The van der Waals surface area contributed by atoms with E-state index in [4.69, 9.17) is 0 Å². The fraction of sp³-hybridized carbons (Fsp3) is 0.304. The highest BCUT2D eigenvalue weighted by Crippen LogP contribution is 2.34. The summed E-state index contributed by atoms with van der Waals surface area (Å²) in [6.45, 7) is 0.789. The lowest BCUT2D eigenvalue weighted by molar-refractivity contribution is -0.144. The fourth-order valence-electron chi connectivity index (χ4n) is 4.06. The van der Waals surface area contributed by atoms with Crippen LogP contribution in [0.25, 0.3) is 11.4 Å². The number of anilines is 1. The minimum Gasteiger partial charge on any atom is -0.326 e. The van der Waals surface area contributed by atoms with Gasteiger partial charge < -0.3 is 5.32 Å². The molecular weight excluding hydrogens is 438 g/mol. The van der Waals surface area contributed by atoms with Crippen molar-refractivity contribution in [1.29, 1.82) is 0 Å². The zero-order valence-corrected chi connectivity index (χ0v) is 17.7. The number of rotatable bonds is 5. The second-order valence-electron chi connectivity index (χ2n) is 8.02. The summed E-state index contributed by atoms with van der Waals surface area (Å²) in [5, 5.41) is 2.81. The minimum atomic E-state index is -4.36. The number of hydrogen-bond donors (Lipinski definition) is 1. The number of nitrogens with one attached hydrogen (secondary N) is 1. The first-order valence-corrected chi connectivity index (χ1v) is 10.3. The van der Waals surface area contributed by atoms with E-state index in [0.717, 1.165) is 18.0 Å². The van der Waals surface area contributed by atoms with Crippen molar-refractivity contribution in [2.75, 3.05) is 25.0 Å². The van der Waals surface area contributed by atoms with E-state index in [-0.39, 0.29) is 13.1 Å². The highest BCUT2D eigenvalue weighted by atomic mass is 19.4. The summed E-state index contributed by atoms with van der Waals surface area (Å²) in [4.78, 5) is 26.6. The number of pyridine rings is 1. The molecule has 2 atom stereocenters. The lowest BCUT2D eigenvalue weighted by Crippen LogP contribution is -2.34. The molecule has 6 nitrogen and oxygen atoms in total. The molecule has 1 amide bonds. The third-order valence-electron chi connectivity index (χ3n) is 5.57. The Kier molecular flexibility index (Phi) is 6.37. The predicted octanol–water partition coefficient (Wildman–Crippen LogP) is 4.20. The molecule has 1 fully saturated rings. The summed E-state index contributed by atoms with van der Waals surface area (Å²) in [6.07, 6.45) is -0.691. The lowest BCUT2D eigenvalue weighted by Gasteiger charge is -2.18. The van der Waals surface area contributed by atoms with E-state index in [1.807, 2.05) is 6.92 Å². The van der Waals surface area contributed by atoms with E-state index in [1.54, 1.807) is 42.6 Å². The van der Waals surface area contributed by atoms with E-state index in [1.165, 1.54) is 4.90 Å². The summed E-state index contributed by atoms with van der Waals surface area (Å²) in [5.41, 5.74) is 2.46. The standard InChI is InChI=1S/C23H21F4N5O/c1-14-5-6-16(8-17(14)21-29-9-15(24)10-30-21)31-22(33)19-12-32(13-23(25,26)27)11-18(19)20-4-2-3-7-28-20/h2-10,18-19H,11-13H2,1H3,(H,31,33)/t18-,19-/m1/s1. The van der Waals surface area contributed by atoms with Crippen molar-refractivity contribution in [2.45, 2.75) is 19.0 Å². The Bertz CT molecular complexity index is 1120. The number of benzene rings is 1. The summed E-state index contributed by atoms with van der Waals surface area (Å²) in [5.74, 6) is -1.85. The second kappa shape index (κ2) is 9.22. The quantitative estimate of drug-likeness (QED) is 0.579. The number of nitrogens with zero attached hydrogens (tertiary/aromatic N) is 4. The molecule has 0 unspecified atom stereocenters. The van der Waals surface area contributed by atoms with Crippen LogP contribution in [0.4, 0.5) is 23.2 Å². The molecular formula is C23H21F4N5O. The SMILES string of the molecule is Cc1ccc(NC(=O)[C@@H]2CN(CC(F)(F)F)C[C@H]2c2ccccn2)cc1-c1ncc(F)cn1. The van der Waals surface area contributed by atoms with Gasteiger partial charge in [0.2, 0.25) is 5.91 Å². The largest absolute Gasteiger partial charge is 0.401 e. The van der Waals surface area contributed by atoms with Gasteiger partial charge in [0.05, 0.1) is 24.9 Å². The summed E-state index contributed by atoms with van der Waals surface area (Å²) < 4.78 is 52.1. The van der Waals surface area contributed by atoms with Gasteiger partial charge in [-0.25, -0.2) is 14.4 Å². The average molecular weight is 459 g/mol. The van der Waals surface area contributed by atoms with Crippen molar-refractivity contribution >= 4 is 11.6 Å². The summed E-state index contributed by atoms with van der Waals surface area (Å²) in [7, 11) is 0. The van der Waals surface area contributed by atoms with Crippen molar-refractivity contribution in [3.63, 3.8) is 0 Å². The lowest BCUT2D eigenvalue weighted by atomic mass is 9.91. The topological polar surface area (TPSA) is 71.0 Å². The highest BCUT2D eigenvalue weighted by Gasteiger charge is 2.43. The van der Waals surface area contributed by atoms with Crippen LogP contribution in [0.1, 0.15) is 17.2 Å². The van der Waals surface area contributed by atoms with Crippen LogP contribution in [-0.2, 0) is 4.79 Å². The number of halogens is 4. The molecule has 2 aromatic heterocycles. The van der Waals surface area contributed by atoms with E-state index in [0.29, 0.717) is 22.8 Å². The molecule has 1 saturated heterocycles. The van der Waals surface area contributed by atoms with Crippen molar-refractivity contribution < 1.29 is 22.4 Å². The Morgan fingerprint density at radius 3 is 2.55 bits per heavy atom. The fourth-order valence-corrected chi connectivity index (χ4v) is 4.06. The van der Waals surface area contributed by atoms with Gasteiger partial charge in [0.25, 0.3) is 0 Å². The van der Waals surface area contributed by atoms with Crippen LogP contribution in [0.5, 0.6) is 0 Å². The maximum atomic E-state index is 13.2. The summed E-state index contributed by atoms with van der Waals surface area (Å²) >= 11 is 0. The Balaban J connectivity index is 1.57. The van der Waals surface area contributed by atoms with Crippen LogP contribution < -0.4 is 5.32 Å². The molecule has 0 aliphatic carbocycles. The van der Waals surface area contributed by atoms with Crippen LogP contribution in [-0.4, -0.2) is 51.6 Å². The molecule has 0 radical (unpaired) electrons. The van der Waals surface area contributed by atoms with Crippen molar-refractivity contribution in [3.05, 3.63) is 72.1 Å². The molecule has 1 aliphatic rings. The van der Waals surface area contributed by atoms with Crippen LogP contribution in [0, 0.1) is 18.7 Å². The molecule has 0 spiro atoms. The molecule has 0 bridgehead atoms. The average Bonchev–Trinajstić information content (AvgIpc) is 3.18. The van der Waals surface area contributed by atoms with Crippen LogP contribution in [0.2, 0.25) is 0 Å². The second-order valence-corrected chi connectivity index (χ2v) is 8.02. The Hall–Kier alpha value is -3.40. The van der Waals surface area contributed by atoms with Crippen molar-refractivity contribution in [2.24, 2.45) is 5.92 Å². The molecule has 1 aliphatic heterocycles. The minimum absolute atomic E-state index is 0.0353. The van der Waals surface area contributed by atoms with Gasteiger partial charge in [0.1, 0.15) is 0 Å². The molecule has 3 aromatic rings. The third kappa shape index (κ3) is 5.51. The number of likely N-dealkylation sites (tertiary alicyclic amines) is 1. The van der Waals surface area contributed by atoms with E-state index >= 15 is 0 Å². The number of carbonyl (C=O) groups is 1. The molecule has 0 saturated carbocycles. The first-order chi connectivity index (χ1) is 15.7. The predicted molar refractivity (Wildman–Crippen MR) is 114 cm³/mol. The first kappa shape index (κ1) is 22.8. The molecule has 172 valence electrons. The molecule has 1 N–H and O–H groups in total. The van der Waals surface area contributed by atoms with Crippen LogP contribution in [0.3, 0.4) is 0 Å².